The van der Waals surface area contributed by atoms with Gasteiger partial charge in [0.05, 0.1) is 10.2 Å². The predicted molar refractivity (Wildman–Crippen MR) is 115 cm³/mol. The molecule has 8 nitrogen and oxygen atoms in total. The largest absolute Gasteiger partial charge is 0.573 e. The molecule has 0 aliphatic carbocycles. The van der Waals surface area contributed by atoms with E-state index in [1.54, 1.807) is 0 Å². The quantitative estimate of drug-likeness (QED) is 0.432. The highest BCUT2D eigenvalue weighted by Gasteiger charge is 2.31. The number of alkyl halides is 3. The van der Waals surface area contributed by atoms with Crippen LogP contribution in [0.2, 0.25) is 0 Å². The molecule has 3 rings (SSSR count). The normalized spacial score (nSPS) is 11.2. The van der Waals surface area contributed by atoms with Crippen LogP contribution in [-0.4, -0.2) is 48.2 Å². The lowest BCUT2D eigenvalue weighted by Gasteiger charge is -2.20. The van der Waals surface area contributed by atoms with Crippen molar-refractivity contribution >= 4 is 38.9 Å². The van der Waals surface area contributed by atoms with Gasteiger partial charge in [-0.1, -0.05) is 41.7 Å². The third kappa shape index (κ3) is 7.52. The molecule has 0 saturated heterocycles. The van der Waals surface area contributed by atoms with Gasteiger partial charge >= 0.3 is 18.5 Å². The van der Waals surface area contributed by atoms with Gasteiger partial charge in [0, 0.05) is 19.2 Å². The number of rotatable bonds is 8. The van der Waals surface area contributed by atoms with Gasteiger partial charge in [-0.05, 0) is 24.6 Å². The molecule has 2 amide bonds. The molecular weight excluding hydrogens is 463 g/mol. The van der Waals surface area contributed by atoms with Crippen molar-refractivity contribution in [2.75, 3.05) is 25.1 Å². The van der Waals surface area contributed by atoms with Crippen molar-refractivity contribution in [1.82, 2.24) is 9.88 Å². The minimum Gasteiger partial charge on any atom is -0.446 e. The molecule has 0 atom stereocenters. The number of amides is 2. The molecule has 0 fully saturated rings. The summed E-state index contributed by atoms with van der Waals surface area (Å²) in [5, 5.41) is 2.52. The number of nitrogens with zero attached hydrogens (tertiary/aromatic N) is 2. The molecule has 0 spiro atoms. The fourth-order valence-corrected chi connectivity index (χ4v) is 3.62. The van der Waals surface area contributed by atoms with Gasteiger partial charge in [-0.15, -0.1) is 13.2 Å². The van der Waals surface area contributed by atoms with E-state index < -0.39 is 18.5 Å². The first-order valence-corrected chi connectivity index (χ1v) is 10.6. The second-order valence-corrected chi connectivity index (χ2v) is 7.60. The first-order chi connectivity index (χ1) is 15.7. The van der Waals surface area contributed by atoms with Crippen LogP contribution in [0, 0.1) is 0 Å². The summed E-state index contributed by atoms with van der Waals surface area (Å²) in [5.74, 6) is -0.386. The van der Waals surface area contributed by atoms with Crippen molar-refractivity contribution in [2.45, 2.75) is 19.8 Å². The van der Waals surface area contributed by atoms with Gasteiger partial charge in [0.2, 0.25) is 0 Å². The maximum absolute atomic E-state index is 12.3. The van der Waals surface area contributed by atoms with Crippen LogP contribution < -0.4 is 10.1 Å². The summed E-state index contributed by atoms with van der Waals surface area (Å²) in [5.41, 5.74) is 1.34. The van der Waals surface area contributed by atoms with E-state index in [0.29, 0.717) is 23.3 Å². The van der Waals surface area contributed by atoms with E-state index in [1.165, 1.54) is 17.0 Å². The van der Waals surface area contributed by atoms with Gasteiger partial charge in [-0.25, -0.2) is 14.6 Å². The predicted octanol–water partition coefficient (Wildman–Crippen LogP) is 5.40. The van der Waals surface area contributed by atoms with Crippen LogP contribution in [0.5, 0.6) is 5.75 Å². The minimum absolute atomic E-state index is 0.135. The molecule has 0 bridgehead atoms. The first-order valence-electron chi connectivity index (χ1n) is 9.79. The Balaban J connectivity index is 1.43. The first kappa shape index (κ1) is 24.1. The second kappa shape index (κ2) is 10.9. The summed E-state index contributed by atoms with van der Waals surface area (Å²) in [6, 6.07) is 13.1. The molecule has 1 aromatic heterocycles. The summed E-state index contributed by atoms with van der Waals surface area (Å²) in [6.07, 6.45) is -6.18. The molecular formula is C21H20F3N3O5S. The van der Waals surface area contributed by atoms with E-state index in [4.69, 9.17) is 9.47 Å². The standard InChI is InChI=1S/C21H20F3N3O5S/c1-2-27(13-14-6-4-3-5-7-14)20(29)31-11-10-30-19(28)26-18-25-16-9-8-15(12-17(16)33-18)32-21(22,23)24/h3-9,12H,2,10-11,13H2,1H3,(H,25,26,28). The number of halogens is 3. The molecule has 1 N–H and O–H groups in total. The summed E-state index contributed by atoms with van der Waals surface area (Å²) in [7, 11) is 0. The summed E-state index contributed by atoms with van der Waals surface area (Å²) in [4.78, 5) is 29.7. The molecule has 33 heavy (non-hydrogen) atoms. The fraction of sp³-hybridized carbons (Fsp3) is 0.286. The zero-order chi connectivity index (χ0) is 23.8. The van der Waals surface area contributed by atoms with Crippen LogP contribution in [0.1, 0.15) is 12.5 Å². The summed E-state index contributed by atoms with van der Waals surface area (Å²) >= 11 is 0.955. The smallest absolute Gasteiger partial charge is 0.446 e. The van der Waals surface area contributed by atoms with Crippen molar-refractivity contribution in [3.63, 3.8) is 0 Å². The maximum Gasteiger partial charge on any atom is 0.573 e. The Morgan fingerprint density at radius 3 is 2.52 bits per heavy atom. The lowest BCUT2D eigenvalue weighted by atomic mass is 10.2. The Bertz CT molecular complexity index is 1090. The highest BCUT2D eigenvalue weighted by Crippen LogP contribution is 2.31. The number of fused-ring (bicyclic) bond motifs is 1. The molecule has 0 radical (unpaired) electrons. The van der Waals surface area contributed by atoms with Gasteiger partial charge in [-0.3, -0.25) is 5.32 Å². The second-order valence-electron chi connectivity index (χ2n) is 6.57. The lowest BCUT2D eigenvalue weighted by Crippen LogP contribution is -2.32. The van der Waals surface area contributed by atoms with Crippen molar-refractivity contribution in [3.8, 4) is 5.75 Å². The number of carbonyl (C=O) groups excluding carboxylic acids is 2. The van der Waals surface area contributed by atoms with Crippen molar-refractivity contribution in [2.24, 2.45) is 0 Å². The highest BCUT2D eigenvalue weighted by atomic mass is 32.1. The molecule has 0 aliphatic rings. The minimum atomic E-state index is -4.80. The van der Waals surface area contributed by atoms with Gasteiger partial charge in [-0.2, -0.15) is 0 Å². The number of ether oxygens (including phenoxy) is 3. The zero-order valence-electron chi connectivity index (χ0n) is 17.4. The number of hydrogen-bond donors (Lipinski definition) is 1. The van der Waals surface area contributed by atoms with Gasteiger partial charge in [0.1, 0.15) is 19.0 Å². The number of thiazole rings is 1. The highest BCUT2D eigenvalue weighted by molar-refractivity contribution is 7.22. The van der Waals surface area contributed by atoms with Gasteiger partial charge in [0.15, 0.2) is 5.13 Å². The third-order valence-electron chi connectivity index (χ3n) is 4.20. The number of aromatic nitrogens is 1. The van der Waals surface area contributed by atoms with Gasteiger partial charge < -0.3 is 19.1 Å². The molecule has 2 aromatic carbocycles. The number of hydrogen-bond acceptors (Lipinski definition) is 7. The van der Waals surface area contributed by atoms with Crippen LogP contribution in [0.3, 0.4) is 0 Å². The van der Waals surface area contributed by atoms with Crippen LogP contribution in [0.4, 0.5) is 27.9 Å². The van der Waals surface area contributed by atoms with Gasteiger partial charge in [0.25, 0.3) is 0 Å². The molecule has 0 aliphatic heterocycles. The number of nitrogens with one attached hydrogen (secondary N) is 1. The number of benzene rings is 2. The Morgan fingerprint density at radius 1 is 1.09 bits per heavy atom. The lowest BCUT2D eigenvalue weighted by molar-refractivity contribution is -0.274. The molecule has 176 valence electrons. The third-order valence-corrected chi connectivity index (χ3v) is 5.13. The SMILES string of the molecule is CCN(Cc1ccccc1)C(=O)OCCOC(=O)Nc1nc2ccc(OC(F)(F)F)cc2s1. The number of carbonyl (C=O) groups is 2. The molecule has 0 saturated carbocycles. The fourth-order valence-electron chi connectivity index (χ4n) is 2.74. The topological polar surface area (TPSA) is 90.0 Å². The van der Waals surface area contributed by atoms with Crippen molar-refractivity contribution in [3.05, 3.63) is 54.1 Å². The average Bonchev–Trinajstić information content (AvgIpc) is 3.15. The van der Waals surface area contributed by atoms with Crippen molar-refractivity contribution < 1.29 is 37.0 Å². The Morgan fingerprint density at radius 2 is 1.82 bits per heavy atom. The summed E-state index contributed by atoms with van der Waals surface area (Å²) < 4.78 is 51.4. The molecule has 12 heteroatoms. The molecule has 1 heterocycles. The Labute approximate surface area is 190 Å². The Hall–Kier alpha value is -3.54. The van der Waals surface area contributed by atoms with E-state index in [1.807, 2.05) is 37.3 Å². The van der Waals surface area contributed by atoms with Crippen LogP contribution in [0.15, 0.2) is 48.5 Å². The van der Waals surface area contributed by atoms with E-state index >= 15 is 0 Å². The molecule has 3 aromatic rings. The Kier molecular flexibility index (Phi) is 7.93. The van der Waals surface area contributed by atoms with E-state index in [-0.39, 0.29) is 24.1 Å². The van der Waals surface area contributed by atoms with Crippen LogP contribution >= 0.6 is 11.3 Å². The monoisotopic (exact) mass is 483 g/mol. The van der Waals surface area contributed by atoms with E-state index in [9.17, 15) is 22.8 Å². The number of anilines is 1. The molecule has 0 unspecified atom stereocenters. The average molecular weight is 483 g/mol. The zero-order valence-corrected chi connectivity index (χ0v) is 18.2. The summed E-state index contributed by atoms with van der Waals surface area (Å²) in [6.45, 7) is 2.34. The van der Waals surface area contributed by atoms with E-state index in [2.05, 4.69) is 15.0 Å². The van der Waals surface area contributed by atoms with Crippen molar-refractivity contribution in [1.29, 1.82) is 0 Å². The van der Waals surface area contributed by atoms with E-state index in [0.717, 1.165) is 23.0 Å². The van der Waals surface area contributed by atoms with Crippen LogP contribution in [0.25, 0.3) is 10.2 Å². The van der Waals surface area contributed by atoms with Crippen LogP contribution in [-0.2, 0) is 16.0 Å². The maximum atomic E-state index is 12.3.